The predicted octanol–water partition coefficient (Wildman–Crippen LogP) is 3.02. The first-order chi connectivity index (χ1) is 10.7. The zero-order valence-electron chi connectivity index (χ0n) is 12.7. The van der Waals surface area contributed by atoms with Crippen LogP contribution in [0.25, 0.3) is 0 Å². The van der Waals surface area contributed by atoms with Gasteiger partial charge in [-0.15, -0.1) is 24.0 Å². The molecule has 1 aromatic heterocycles. The van der Waals surface area contributed by atoms with Gasteiger partial charge in [0, 0.05) is 32.4 Å². The smallest absolute Gasteiger partial charge is 0.219 e. The SMILES string of the molecule is CN1CCN=C1NCc1ccnc(Oc2ccc(F)cc2)c1.I. The lowest BCUT2D eigenvalue weighted by atomic mass is 10.2. The molecule has 2 heterocycles. The van der Waals surface area contributed by atoms with E-state index in [1.54, 1.807) is 18.3 Å². The number of guanidine groups is 1. The van der Waals surface area contributed by atoms with Gasteiger partial charge < -0.3 is 15.0 Å². The Hall–Kier alpha value is -1.90. The van der Waals surface area contributed by atoms with Crippen molar-refractivity contribution in [3.8, 4) is 11.6 Å². The largest absolute Gasteiger partial charge is 0.439 e. The van der Waals surface area contributed by atoms with E-state index in [1.165, 1.54) is 12.1 Å². The molecule has 0 saturated carbocycles. The Balaban J connectivity index is 0.00000192. The van der Waals surface area contributed by atoms with E-state index in [0.29, 0.717) is 18.2 Å². The summed E-state index contributed by atoms with van der Waals surface area (Å²) in [6, 6.07) is 9.63. The molecule has 23 heavy (non-hydrogen) atoms. The molecule has 0 aliphatic carbocycles. The summed E-state index contributed by atoms with van der Waals surface area (Å²) < 4.78 is 18.5. The molecular weight excluding hydrogens is 410 g/mol. The molecule has 3 rings (SSSR count). The van der Waals surface area contributed by atoms with E-state index in [0.717, 1.165) is 24.6 Å². The van der Waals surface area contributed by atoms with Crippen molar-refractivity contribution in [2.75, 3.05) is 20.1 Å². The maximum absolute atomic E-state index is 12.9. The summed E-state index contributed by atoms with van der Waals surface area (Å²) in [6.45, 7) is 2.41. The molecule has 0 bridgehead atoms. The van der Waals surface area contributed by atoms with Gasteiger partial charge in [0.1, 0.15) is 11.6 Å². The van der Waals surface area contributed by atoms with E-state index in [9.17, 15) is 4.39 Å². The van der Waals surface area contributed by atoms with E-state index in [2.05, 4.69) is 20.2 Å². The number of hydrogen-bond acceptors (Lipinski definition) is 5. The average molecular weight is 428 g/mol. The Bertz CT molecular complexity index is 678. The number of likely N-dealkylation sites (N-methyl/N-ethyl adjacent to an activating group) is 1. The molecule has 1 N–H and O–H groups in total. The second kappa shape index (κ2) is 8.09. The Kier molecular flexibility index (Phi) is 6.14. The third kappa shape index (κ3) is 4.78. The summed E-state index contributed by atoms with van der Waals surface area (Å²) in [6.07, 6.45) is 1.69. The van der Waals surface area contributed by atoms with Gasteiger partial charge in [-0.1, -0.05) is 0 Å². The molecule has 0 radical (unpaired) electrons. The minimum Gasteiger partial charge on any atom is -0.439 e. The van der Waals surface area contributed by atoms with Crippen LogP contribution in [0, 0.1) is 5.82 Å². The van der Waals surface area contributed by atoms with Crippen molar-refractivity contribution < 1.29 is 9.13 Å². The van der Waals surface area contributed by atoms with Crippen molar-refractivity contribution in [1.29, 1.82) is 0 Å². The first-order valence-corrected chi connectivity index (χ1v) is 7.08. The second-order valence-corrected chi connectivity index (χ2v) is 5.04. The number of nitrogens with one attached hydrogen (secondary N) is 1. The molecule has 1 aliphatic rings. The molecule has 2 aromatic rings. The van der Waals surface area contributed by atoms with Gasteiger partial charge in [-0.2, -0.15) is 0 Å². The molecular formula is C16H18FIN4O. The van der Waals surface area contributed by atoms with Crippen LogP contribution in [-0.4, -0.2) is 36.0 Å². The van der Waals surface area contributed by atoms with Gasteiger partial charge in [-0.25, -0.2) is 9.37 Å². The maximum Gasteiger partial charge on any atom is 0.219 e. The number of aromatic nitrogens is 1. The lowest BCUT2D eigenvalue weighted by Gasteiger charge is -2.15. The monoisotopic (exact) mass is 428 g/mol. The molecule has 0 unspecified atom stereocenters. The first kappa shape index (κ1) is 17.5. The zero-order valence-corrected chi connectivity index (χ0v) is 15.0. The Labute approximate surface area is 151 Å². The Morgan fingerprint density at radius 1 is 1.26 bits per heavy atom. The van der Waals surface area contributed by atoms with Crippen LogP contribution in [0.2, 0.25) is 0 Å². The fourth-order valence-electron chi connectivity index (χ4n) is 2.14. The molecule has 7 heteroatoms. The normalized spacial score (nSPS) is 13.3. The molecule has 0 spiro atoms. The third-order valence-corrected chi connectivity index (χ3v) is 3.34. The summed E-state index contributed by atoms with van der Waals surface area (Å²) in [7, 11) is 2.01. The van der Waals surface area contributed by atoms with Crippen molar-refractivity contribution >= 4 is 29.9 Å². The standard InChI is InChI=1S/C16H17FN4O.HI/c1-21-9-8-19-16(21)20-11-12-6-7-18-15(10-12)22-14-4-2-13(17)3-5-14;/h2-7,10H,8-9,11H2,1H3,(H,19,20);1H. The quantitative estimate of drug-likeness (QED) is 0.761. The number of rotatable bonds is 4. The highest BCUT2D eigenvalue weighted by molar-refractivity contribution is 14.0. The highest BCUT2D eigenvalue weighted by atomic mass is 127. The second-order valence-electron chi connectivity index (χ2n) is 5.04. The van der Waals surface area contributed by atoms with Gasteiger partial charge in [0.05, 0.1) is 6.54 Å². The van der Waals surface area contributed by atoms with Crippen molar-refractivity contribution in [2.24, 2.45) is 4.99 Å². The Morgan fingerprint density at radius 2 is 2.04 bits per heavy atom. The molecule has 122 valence electrons. The van der Waals surface area contributed by atoms with Crippen LogP contribution >= 0.6 is 24.0 Å². The van der Waals surface area contributed by atoms with E-state index >= 15 is 0 Å². The van der Waals surface area contributed by atoms with Crippen LogP contribution in [0.4, 0.5) is 4.39 Å². The molecule has 0 amide bonds. The van der Waals surface area contributed by atoms with Crippen molar-refractivity contribution in [3.63, 3.8) is 0 Å². The van der Waals surface area contributed by atoms with Gasteiger partial charge in [-0.05, 0) is 35.9 Å². The van der Waals surface area contributed by atoms with Gasteiger partial charge >= 0.3 is 0 Å². The summed E-state index contributed by atoms with van der Waals surface area (Å²) in [5.41, 5.74) is 1.04. The van der Waals surface area contributed by atoms with Crippen LogP contribution in [0.5, 0.6) is 11.6 Å². The van der Waals surface area contributed by atoms with Gasteiger partial charge in [0.15, 0.2) is 5.96 Å². The van der Waals surface area contributed by atoms with Gasteiger partial charge in [0.2, 0.25) is 5.88 Å². The first-order valence-electron chi connectivity index (χ1n) is 7.08. The summed E-state index contributed by atoms with van der Waals surface area (Å²) in [5.74, 6) is 1.64. The van der Waals surface area contributed by atoms with Crippen molar-refractivity contribution in [3.05, 3.63) is 54.0 Å². The van der Waals surface area contributed by atoms with Crippen LogP contribution in [0.15, 0.2) is 47.6 Å². The number of benzene rings is 1. The maximum atomic E-state index is 12.9. The average Bonchev–Trinajstić information content (AvgIpc) is 2.93. The fourth-order valence-corrected chi connectivity index (χ4v) is 2.14. The van der Waals surface area contributed by atoms with Crippen LogP contribution < -0.4 is 10.1 Å². The highest BCUT2D eigenvalue weighted by Crippen LogP contribution is 2.20. The molecule has 0 atom stereocenters. The number of halogens is 2. The van der Waals surface area contributed by atoms with Crippen LogP contribution in [0.3, 0.4) is 0 Å². The lowest BCUT2D eigenvalue weighted by molar-refractivity contribution is 0.460. The molecule has 0 saturated heterocycles. The molecule has 1 aromatic carbocycles. The molecule has 5 nitrogen and oxygen atoms in total. The van der Waals surface area contributed by atoms with E-state index < -0.39 is 0 Å². The number of nitrogens with zero attached hydrogens (tertiary/aromatic N) is 3. The number of pyridine rings is 1. The lowest BCUT2D eigenvalue weighted by Crippen LogP contribution is -2.35. The van der Waals surface area contributed by atoms with Crippen molar-refractivity contribution in [2.45, 2.75) is 6.54 Å². The minimum absolute atomic E-state index is 0. The third-order valence-electron chi connectivity index (χ3n) is 3.34. The Morgan fingerprint density at radius 3 is 2.74 bits per heavy atom. The van der Waals surface area contributed by atoms with E-state index in [1.807, 2.05) is 19.2 Å². The topological polar surface area (TPSA) is 49.8 Å². The molecule has 0 fully saturated rings. The van der Waals surface area contributed by atoms with Crippen LogP contribution in [-0.2, 0) is 6.54 Å². The minimum atomic E-state index is -0.292. The van der Waals surface area contributed by atoms with Crippen molar-refractivity contribution in [1.82, 2.24) is 15.2 Å². The summed E-state index contributed by atoms with van der Waals surface area (Å²) >= 11 is 0. The molecule has 1 aliphatic heterocycles. The zero-order chi connectivity index (χ0) is 15.4. The van der Waals surface area contributed by atoms with Crippen LogP contribution in [0.1, 0.15) is 5.56 Å². The van der Waals surface area contributed by atoms with Gasteiger partial charge in [0.25, 0.3) is 0 Å². The van der Waals surface area contributed by atoms with E-state index in [4.69, 9.17) is 4.74 Å². The number of hydrogen-bond donors (Lipinski definition) is 1. The summed E-state index contributed by atoms with van der Waals surface area (Å²) in [5, 5.41) is 3.29. The highest BCUT2D eigenvalue weighted by Gasteiger charge is 2.11. The van der Waals surface area contributed by atoms with E-state index in [-0.39, 0.29) is 29.8 Å². The summed E-state index contributed by atoms with van der Waals surface area (Å²) in [4.78, 5) is 10.6. The number of aliphatic imine (C=N–C) groups is 1. The fraction of sp³-hybridized carbons (Fsp3) is 0.250. The predicted molar refractivity (Wildman–Crippen MR) is 97.9 cm³/mol. The number of ether oxygens (including phenoxy) is 1. The van der Waals surface area contributed by atoms with Gasteiger partial charge in [-0.3, -0.25) is 4.99 Å².